The molecular weight excluding hydrogens is 379 g/mol. The topological polar surface area (TPSA) is 60.9 Å². The first-order valence-corrected chi connectivity index (χ1v) is 9.44. The van der Waals surface area contributed by atoms with E-state index in [9.17, 15) is 0 Å². The molecule has 9 heteroatoms. The van der Waals surface area contributed by atoms with Gasteiger partial charge in [0, 0.05) is 5.75 Å². The second-order valence-electron chi connectivity index (χ2n) is 6.02. The highest BCUT2D eigenvalue weighted by Gasteiger charge is 2.15. The van der Waals surface area contributed by atoms with Gasteiger partial charge in [-0.05, 0) is 24.1 Å². The number of thioether (sulfide) groups is 1. The highest BCUT2D eigenvalue weighted by molar-refractivity contribution is 7.99. The molecule has 25 heavy (non-hydrogen) atoms. The molecule has 0 aliphatic heterocycles. The number of hydrogen-bond donors (Lipinski definition) is 0. The molecule has 0 spiro atoms. The van der Waals surface area contributed by atoms with Crippen LogP contribution in [0.4, 0.5) is 0 Å². The first-order chi connectivity index (χ1) is 12.0. The van der Waals surface area contributed by atoms with Gasteiger partial charge in [0.1, 0.15) is 6.33 Å². The van der Waals surface area contributed by atoms with Crippen molar-refractivity contribution in [1.29, 1.82) is 0 Å². The van der Waals surface area contributed by atoms with E-state index in [0.717, 1.165) is 27.6 Å². The lowest BCUT2D eigenvalue weighted by atomic mass is 10.3. The van der Waals surface area contributed by atoms with Gasteiger partial charge in [0.2, 0.25) is 0 Å². The van der Waals surface area contributed by atoms with Gasteiger partial charge in [-0.3, -0.25) is 4.40 Å². The molecule has 128 valence electrons. The van der Waals surface area contributed by atoms with Crippen LogP contribution >= 0.6 is 35.0 Å². The lowest BCUT2D eigenvalue weighted by molar-refractivity contribution is 0.746. The van der Waals surface area contributed by atoms with E-state index in [1.54, 1.807) is 41.1 Å². The van der Waals surface area contributed by atoms with Crippen LogP contribution in [0.3, 0.4) is 0 Å². The lowest BCUT2D eigenvalue weighted by Gasteiger charge is -2.05. The maximum atomic E-state index is 6.12. The van der Waals surface area contributed by atoms with Gasteiger partial charge in [-0.1, -0.05) is 48.8 Å². The Kier molecular flexibility index (Phi) is 4.31. The van der Waals surface area contributed by atoms with Crippen LogP contribution in [0.1, 0.15) is 13.8 Å². The fourth-order valence-corrected chi connectivity index (χ4v) is 3.59. The Bertz CT molecular complexity index is 1070. The number of rotatable bonds is 4. The summed E-state index contributed by atoms with van der Waals surface area (Å²) in [5.41, 5.74) is 2.22. The number of hydrogen-bond acceptors (Lipinski definition) is 5. The molecule has 0 unspecified atom stereocenters. The van der Waals surface area contributed by atoms with Gasteiger partial charge in [-0.25, -0.2) is 9.67 Å². The second kappa shape index (κ2) is 6.48. The molecule has 0 saturated heterocycles. The van der Waals surface area contributed by atoms with Crippen molar-refractivity contribution in [3.05, 3.63) is 40.8 Å². The summed E-state index contributed by atoms with van der Waals surface area (Å²) in [6.07, 6.45) is 3.47. The molecule has 0 aliphatic carbocycles. The molecule has 4 aromatic rings. The lowest BCUT2D eigenvalue weighted by Crippen LogP contribution is -1.99. The number of halogens is 2. The van der Waals surface area contributed by atoms with Crippen LogP contribution in [0.2, 0.25) is 10.0 Å². The van der Waals surface area contributed by atoms with E-state index < -0.39 is 0 Å². The quantitative estimate of drug-likeness (QED) is 0.477. The normalized spacial score (nSPS) is 11.9. The summed E-state index contributed by atoms with van der Waals surface area (Å²) in [4.78, 5) is 4.55. The summed E-state index contributed by atoms with van der Waals surface area (Å²) in [5.74, 6) is 1.55. The summed E-state index contributed by atoms with van der Waals surface area (Å²) >= 11 is 13.8. The maximum absolute atomic E-state index is 6.12. The van der Waals surface area contributed by atoms with E-state index in [1.807, 2.05) is 10.5 Å². The molecule has 0 bridgehead atoms. The Hall–Kier alpha value is -1.83. The third-order valence-electron chi connectivity index (χ3n) is 3.64. The Labute approximate surface area is 158 Å². The van der Waals surface area contributed by atoms with Crippen LogP contribution in [0, 0.1) is 5.92 Å². The van der Waals surface area contributed by atoms with Crippen LogP contribution < -0.4 is 0 Å². The standard InChI is InChI=1S/C16H14Cl2N6S/c1-9(2)7-25-16-22-21-15-11-6-20-24(14(11)19-8-23(15)16)10-3-4-12(17)13(18)5-10/h3-6,8-9H,7H2,1-2H3. The smallest absolute Gasteiger partial charge is 0.196 e. The molecule has 0 saturated carbocycles. The molecule has 0 atom stereocenters. The van der Waals surface area contributed by atoms with Crippen molar-refractivity contribution < 1.29 is 0 Å². The highest BCUT2D eigenvalue weighted by atomic mass is 35.5. The SMILES string of the molecule is CC(C)CSc1nnc2c3cnn(-c4ccc(Cl)c(Cl)c4)c3ncn12. The predicted molar refractivity (Wildman–Crippen MR) is 101 cm³/mol. The molecular formula is C16H14Cl2N6S. The van der Waals surface area contributed by atoms with E-state index >= 15 is 0 Å². The molecule has 0 aliphatic rings. The highest BCUT2D eigenvalue weighted by Crippen LogP contribution is 2.27. The molecule has 6 nitrogen and oxygen atoms in total. The summed E-state index contributed by atoms with van der Waals surface area (Å²) < 4.78 is 3.61. The monoisotopic (exact) mass is 392 g/mol. The van der Waals surface area contributed by atoms with Crippen LogP contribution in [0.5, 0.6) is 0 Å². The van der Waals surface area contributed by atoms with Crippen molar-refractivity contribution in [2.75, 3.05) is 5.75 Å². The fourth-order valence-electron chi connectivity index (χ4n) is 2.45. The van der Waals surface area contributed by atoms with Crippen molar-refractivity contribution in [3.8, 4) is 5.69 Å². The Morgan fingerprint density at radius 1 is 1.12 bits per heavy atom. The van der Waals surface area contributed by atoms with E-state index in [0.29, 0.717) is 21.6 Å². The van der Waals surface area contributed by atoms with Gasteiger partial charge in [0.15, 0.2) is 16.5 Å². The van der Waals surface area contributed by atoms with Gasteiger partial charge >= 0.3 is 0 Å². The zero-order chi connectivity index (χ0) is 17.6. The van der Waals surface area contributed by atoms with Gasteiger partial charge in [-0.2, -0.15) is 5.10 Å². The van der Waals surface area contributed by atoms with Gasteiger partial charge in [-0.15, -0.1) is 10.2 Å². The van der Waals surface area contributed by atoms with Crippen LogP contribution in [-0.2, 0) is 0 Å². The zero-order valence-electron chi connectivity index (χ0n) is 13.5. The number of fused-ring (bicyclic) bond motifs is 3. The van der Waals surface area contributed by atoms with E-state index in [4.69, 9.17) is 23.2 Å². The van der Waals surface area contributed by atoms with Crippen molar-refractivity contribution in [1.82, 2.24) is 29.4 Å². The van der Waals surface area contributed by atoms with Crippen molar-refractivity contribution in [2.24, 2.45) is 5.92 Å². The van der Waals surface area contributed by atoms with Gasteiger partial charge < -0.3 is 0 Å². The predicted octanol–water partition coefficient (Wildman–Crippen LogP) is 4.52. The molecule has 3 aromatic heterocycles. The molecule has 4 rings (SSSR count). The van der Waals surface area contributed by atoms with Crippen molar-refractivity contribution in [3.63, 3.8) is 0 Å². The first-order valence-electron chi connectivity index (χ1n) is 7.70. The first kappa shape index (κ1) is 16.6. The number of nitrogens with zero attached hydrogens (tertiary/aromatic N) is 6. The zero-order valence-corrected chi connectivity index (χ0v) is 15.8. The Balaban J connectivity index is 1.82. The maximum Gasteiger partial charge on any atom is 0.196 e. The molecule has 0 fully saturated rings. The minimum Gasteiger partial charge on any atom is -0.260 e. The van der Waals surface area contributed by atoms with Crippen LogP contribution in [-0.4, -0.2) is 35.1 Å². The molecule has 0 amide bonds. The number of benzene rings is 1. The molecule has 0 radical (unpaired) electrons. The number of aromatic nitrogens is 6. The third kappa shape index (κ3) is 2.96. The average Bonchev–Trinajstić information content (AvgIpc) is 3.18. The molecule has 1 aromatic carbocycles. The van der Waals surface area contributed by atoms with E-state index in [1.165, 1.54) is 0 Å². The molecule has 0 N–H and O–H groups in total. The minimum absolute atomic E-state index is 0.471. The summed E-state index contributed by atoms with van der Waals surface area (Å²) in [7, 11) is 0. The van der Waals surface area contributed by atoms with Crippen LogP contribution in [0.15, 0.2) is 35.9 Å². The average molecular weight is 393 g/mol. The minimum atomic E-state index is 0.471. The Morgan fingerprint density at radius 2 is 1.96 bits per heavy atom. The Morgan fingerprint density at radius 3 is 2.72 bits per heavy atom. The second-order valence-corrected chi connectivity index (χ2v) is 7.82. The van der Waals surface area contributed by atoms with Crippen molar-refractivity contribution >= 4 is 51.6 Å². The largest absolute Gasteiger partial charge is 0.260 e. The summed E-state index contributed by atoms with van der Waals surface area (Å²) in [6, 6.07) is 5.35. The van der Waals surface area contributed by atoms with Gasteiger partial charge in [0.25, 0.3) is 0 Å². The fraction of sp³-hybridized carbons (Fsp3) is 0.250. The van der Waals surface area contributed by atoms with Crippen LogP contribution in [0.25, 0.3) is 22.4 Å². The third-order valence-corrected chi connectivity index (χ3v) is 5.75. The molecule has 3 heterocycles. The van der Waals surface area contributed by atoms with Crippen molar-refractivity contribution in [2.45, 2.75) is 19.0 Å². The van der Waals surface area contributed by atoms with Gasteiger partial charge in [0.05, 0.1) is 27.3 Å². The summed E-state index contributed by atoms with van der Waals surface area (Å²) in [6.45, 7) is 4.35. The van der Waals surface area contributed by atoms with E-state index in [-0.39, 0.29) is 0 Å². The van der Waals surface area contributed by atoms with E-state index in [2.05, 4.69) is 34.1 Å². The summed E-state index contributed by atoms with van der Waals surface area (Å²) in [5, 5.41) is 15.7.